The number of nitrogen functional groups attached to an aromatic ring is 1. The minimum absolute atomic E-state index is 0.258. The van der Waals surface area contributed by atoms with Crippen molar-refractivity contribution in [2.75, 3.05) is 5.43 Å². The summed E-state index contributed by atoms with van der Waals surface area (Å²) in [6, 6.07) is 5.26. The van der Waals surface area contributed by atoms with Crippen LogP contribution in [0.15, 0.2) is 35.1 Å². The first-order chi connectivity index (χ1) is 8.70. The van der Waals surface area contributed by atoms with Gasteiger partial charge in [-0.3, -0.25) is 15.6 Å². The second-order valence-electron chi connectivity index (χ2n) is 3.78. The smallest absolute Gasteiger partial charge is 0.255 e. The van der Waals surface area contributed by atoms with E-state index in [2.05, 4.69) is 15.7 Å². The van der Waals surface area contributed by atoms with E-state index in [9.17, 15) is 4.79 Å². The van der Waals surface area contributed by atoms with Crippen LogP contribution in [0.1, 0.15) is 21.8 Å². The van der Waals surface area contributed by atoms with Crippen molar-refractivity contribution in [3.63, 3.8) is 0 Å². The molecule has 2 aromatic rings. The molecule has 0 bridgehead atoms. The number of hydrazine groups is 1. The number of anilines is 1. The first-order valence-electron chi connectivity index (χ1n) is 5.44. The normalized spacial score (nSPS) is 10.1. The molecule has 18 heavy (non-hydrogen) atoms. The van der Waals surface area contributed by atoms with E-state index in [1.807, 2.05) is 6.92 Å². The number of aromatic nitrogens is 1. The van der Waals surface area contributed by atoms with E-state index in [4.69, 9.17) is 10.3 Å². The molecule has 0 fully saturated rings. The maximum absolute atomic E-state index is 11.9. The number of rotatable bonds is 4. The molecule has 2 rings (SSSR count). The van der Waals surface area contributed by atoms with Crippen molar-refractivity contribution in [1.29, 1.82) is 0 Å². The van der Waals surface area contributed by atoms with Gasteiger partial charge in [0, 0.05) is 11.9 Å². The number of nitrogens with one attached hydrogen (secondary N) is 2. The van der Waals surface area contributed by atoms with Crippen molar-refractivity contribution in [1.82, 2.24) is 10.3 Å². The molecular weight excluding hydrogens is 232 g/mol. The number of hydrogen-bond acceptors (Lipinski definition) is 5. The first-order valence-corrected chi connectivity index (χ1v) is 5.44. The molecule has 0 atom stereocenters. The minimum Gasteiger partial charge on any atom is -0.467 e. The Morgan fingerprint density at radius 2 is 2.39 bits per heavy atom. The van der Waals surface area contributed by atoms with Gasteiger partial charge < -0.3 is 15.2 Å². The van der Waals surface area contributed by atoms with Gasteiger partial charge in [0.2, 0.25) is 0 Å². The van der Waals surface area contributed by atoms with E-state index in [0.717, 1.165) is 5.69 Å². The summed E-state index contributed by atoms with van der Waals surface area (Å²) in [5.41, 5.74) is 4.21. The fourth-order valence-electron chi connectivity index (χ4n) is 1.54. The van der Waals surface area contributed by atoms with Gasteiger partial charge in [0.05, 0.1) is 24.1 Å². The quantitative estimate of drug-likeness (QED) is 0.556. The van der Waals surface area contributed by atoms with E-state index in [1.54, 1.807) is 24.5 Å². The van der Waals surface area contributed by atoms with Crippen molar-refractivity contribution in [3.8, 4) is 0 Å². The third-order valence-corrected chi connectivity index (χ3v) is 2.44. The Morgan fingerprint density at radius 1 is 1.56 bits per heavy atom. The highest BCUT2D eigenvalue weighted by atomic mass is 16.3. The summed E-state index contributed by atoms with van der Waals surface area (Å²) in [6.07, 6.45) is 3.05. The molecule has 0 saturated carbocycles. The molecule has 1 amide bonds. The lowest BCUT2D eigenvalue weighted by atomic mass is 10.2. The minimum atomic E-state index is -0.258. The highest BCUT2D eigenvalue weighted by Gasteiger charge is 2.11. The molecular formula is C12H14N4O2. The lowest BCUT2D eigenvalue weighted by molar-refractivity contribution is 0.0948. The van der Waals surface area contributed by atoms with E-state index in [-0.39, 0.29) is 5.91 Å². The SMILES string of the molecule is Cc1cc(NN)c(C(=O)NCc2ccco2)cn1. The summed E-state index contributed by atoms with van der Waals surface area (Å²) >= 11 is 0. The van der Waals surface area contributed by atoms with Crippen molar-refractivity contribution in [3.05, 3.63) is 47.7 Å². The van der Waals surface area contributed by atoms with Crippen LogP contribution in [0.5, 0.6) is 0 Å². The Morgan fingerprint density at radius 3 is 3.06 bits per heavy atom. The monoisotopic (exact) mass is 246 g/mol. The van der Waals surface area contributed by atoms with Crippen LogP contribution in [0.2, 0.25) is 0 Å². The van der Waals surface area contributed by atoms with Crippen LogP contribution >= 0.6 is 0 Å². The zero-order valence-corrected chi connectivity index (χ0v) is 9.93. The van der Waals surface area contributed by atoms with E-state index in [1.165, 1.54) is 6.20 Å². The fourth-order valence-corrected chi connectivity index (χ4v) is 1.54. The van der Waals surface area contributed by atoms with Crippen LogP contribution in [0.4, 0.5) is 5.69 Å². The second kappa shape index (κ2) is 5.33. The summed E-state index contributed by atoms with van der Waals surface area (Å²) in [7, 11) is 0. The van der Waals surface area contributed by atoms with Crippen LogP contribution in [0.3, 0.4) is 0 Å². The molecule has 0 aliphatic carbocycles. The van der Waals surface area contributed by atoms with Gasteiger partial charge in [-0.05, 0) is 25.1 Å². The molecule has 6 nitrogen and oxygen atoms in total. The van der Waals surface area contributed by atoms with Crippen LogP contribution in [-0.4, -0.2) is 10.9 Å². The van der Waals surface area contributed by atoms with Gasteiger partial charge in [0.1, 0.15) is 5.76 Å². The van der Waals surface area contributed by atoms with Crippen molar-refractivity contribution in [2.24, 2.45) is 5.84 Å². The maximum Gasteiger partial charge on any atom is 0.255 e. The topological polar surface area (TPSA) is 93.2 Å². The molecule has 0 saturated heterocycles. The molecule has 4 N–H and O–H groups in total. The Labute approximate surface area is 104 Å². The predicted octanol–water partition coefficient (Wildman–Crippen LogP) is 1.20. The number of amides is 1. The second-order valence-corrected chi connectivity index (χ2v) is 3.78. The molecule has 0 radical (unpaired) electrons. The molecule has 0 unspecified atom stereocenters. The average molecular weight is 246 g/mol. The summed E-state index contributed by atoms with van der Waals surface area (Å²) in [6.45, 7) is 2.15. The predicted molar refractivity (Wildman–Crippen MR) is 66.7 cm³/mol. The molecule has 2 heterocycles. The first kappa shape index (κ1) is 12.1. The Hall–Kier alpha value is -2.34. The lowest BCUT2D eigenvalue weighted by Crippen LogP contribution is -2.25. The number of furan rings is 1. The van der Waals surface area contributed by atoms with Gasteiger partial charge in [-0.15, -0.1) is 0 Å². The molecule has 0 aliphatic heterocycles. The van der Waals surface area contributed by atoms with Crippen LogP contribution < -0.4 is 16.6 Å². The van der Waals surface area contributed by atoms with E-state index < -0.39 is 0 Å². The lowest BCUT2D eigenvalue weighted by Gasteiger charge is -2.09. The highest BCUT2D eigenvalue weighted by molar-refractivity contribution is 5.99. The number of hydrogen-bond donors (Lipinski definition) is 3. The Kier molecular flexibility index (Phi) is 3.59. The van der Waals surface area contributed by atoms with Crippen LogP contribution in [-0.2, 0) is 6.54 Å². The number of pyridine rings is 1. The van der Waals surface area contributed by atoms with Crippen molar-refractivity contribution < 1.29 is 9.21 Å². The summed E-state index contributed by atoms with van der Waals surface area (Å²) in [5.74, 6) is 5.80. The molecule has 0 aromatic carbocycles. The van der Waals surface area contributed by atoms with Crippen molar-refractivity contribution in [2.45, 2.75) is 13.5 Å². The zero-order chi connectivity index (χ0) is 13.0. The fraction of sp³-hybridized carbons (Fsp3) is 0.167. The molecule has 0 aliphatic rings. The summed E-state index contributed by atoms with van der Waals surface area (Å²) < 4.78 is 5.12. The van der Waals surface area contributed by atoms with Crippen molar-refractivity contribution >= 4 is 11.6 Å². The largest absolute Gasteiger partial charge is 0.467 e. The van der Waals surface area contributed by atoms with Crippen LogP contribution in [0, 0.1) is 6.92 Å². The van der Waals surface area contributed by atoms with Gasteiger partial charge in [0.25, 0.3) is 5.91 Å². The standard InChI is InChI=1S/C12H14N4O2/c1-8-5-11(16-13)10(7-14-8)12(17)15-6-9-3-2-4-18-9/h2-5,7H,6,13H2,1H3,(H,14,16)(H,15,17). The van der Waals surface area contributed by atoms with E-state index >= 15 is 0 Å². The van der Waals surface area contributed by atoms with Gasteiger partial charge >= 0.3 is 0 Å². The highest BCUT2D eigenvalue weighted by Crippen LogP contribution is 2.14. The van der Waals surface area contributed by atoms with Gasteiger partial charge in [0.15, 0.2) is 0 Å². The number of aryl methyl sites for hydroxylation is 1. The third kappa shape index (κ3) is 2.67. The van der Waals surface area contributed by atoms with E-state index in [0.29, 0.717) is 23.6 Å². The van der Waals surface area contributed by atoms with Gasteiger partial charge in [-0.2, -0.15) is 0 Å². The number of carbonyl (C=O) groups is 1. The van der Waals surface area contributed by atoms with Gasteiger partial charge in [-0.25, -0.2) is 0 Å². The Bertz CT molecular complexity index is 537. The number of nitrogens with zero attached hydrogens (tertiary/aromatic N) is 1. The molecule has 2 aromatic heterocycles. The molecule has 6 heteroatoms. The summed E-state index contributed by atoms with van der Waals surface area (Å²) in [5, 5.41) is 2.73. The molecule has 94 valence electrons. The van der Waals surface area contributed by atoms with Crippen LogP contribution in [0.25, 0.3) is 0 Å². The maximum atomic E-state index is 11.9. The average Bonchev–Trinajstić information content (AvgIpc) is 2.88. The third-order valence-electron chi connectivity index (χ3n) is 2.44. The number of carbonyl (C=O) groups excluding carboxylic acids is 1. The number of nitrogens with two attached hydrogens (primary N) is 1. The Balaban J connectivity index is 2.09. The summed E-state index contributed by atoms with van der Waals surface area (Å²) in [4.78, 5) is 16.0. The van der Waals surface area contributed by atoms with Gasteiger partial charge in [-0.1, -0.05) is 0 Å². The molecule has 0 spiro atoms. The zero-order valence-electron chi connectivity index (χ0n) is 9.93.